The summed E-state index contributed by atoms with van der Waals surface area (Å²) >= 11 is 3.45. The van der Waals surface area contributed by atoms with Crippen LogP contribution in [0.2, 0.25) is 0 Å². The highest BCUT2D eigenvalue weighted by molar-refractivity contribution is 9.10. The number of nitrogens with one attached hydrogen (secondary N) is 2. The molecule has 30 heavy (non-hydrogen) atoms. The van der Waals surface area contributed by atoms with Gasteiger partial charge in [-0.1, -0.05) is 0 Å². The van der Waals surface area contributed by atoms with Gasteiger partial charge in [0.2, 0.25) is 5.91 Å². The third-order valence-electron chi connectivity index (χ3n) is 7.11. The molecule has 0 radical (unpaired) electrons. The average Bonchev–Trinajstić information content (AvgIpc) is 2.98. The first kappa shape index (κ1) is 19.7. The summed E-state index contributed by atoms with van der Waals surface area (Å²) in [5.74, 6) is 3.03. The molecule has 1 amide bonds. The summed E-state index contributed by atoms with van der Waals surface area (Å²) in [6.07, 6.45) is 11.7. The Kier molecular flexibility index (Phi) is 5.35. The Labute approximate surface area is 183 Å². The van der Waals surface area contributed by atoms with Gasteiger partial charge in [-0.15, -0.1) is 0 Å². The first-order valence-electron chi connectivity index (χ1n) is 10.7. The van der Waals surface area contributed by atoms with Crippen LogP contribution in [0.3, 0.4) is 0 Å². The molecule has 5 atom stereocenters. The summed E-state index contributed by atoms with van der Waals surface area (Å²) < 4.78 is 1.65. The summed E-state index contributed by atoms with van der Waals surface area (Å²) in [5, 5.41) is 10.7. The summed E-state index contributed by atoms with van der Waals surface area (Å²) in [4.78, 5) is 29.0. The number of rotatable bonds is 6. The predicted molar refractivity (Wildman–Crippen MR) is 117 cm³/mol. The summed E-state index contributed by atoms with van der Waals surface area (Å²) in [6.45, 7) is 0.282. The smallest absolute Gasteiger partial charge is 0.283 e. The van der Waals surface area contributed by atoms with Gasteiger partial charge in [-0.05, 0) is 89.4 Å². The molecule has 0 aliphatic heterocycles. The van der Waals surface area contributed by atoms with Crippen molar-refractivity contribution in [2.24, 2.45) is 23.7 Å². The lowest BCUT2D eigenvalue weighted by molar-refractivity contribution is -0.122. The van der Waals surface area contributed by atoms with E-state index in [1.54, 1.807) is 18.6 Å². The number of aromatic nitrogens is 3. The fraction of sp³-hybridized carbons (Fsp3) is 0.545. The SMILES string of the molecule is O=C(Cn1ncc(NC2CC3CC4CC(C3)C2C4)c(Br)c1=O)NCc1ccncc1. The number of carbonyl (C=O) groups is 1. The standard InChI is InChI=1S/C22H26BrN5O2/c23-21-19(27-18-9-15-5-14-6-16(7-15)17(18)8-14)11-26-28(22(21)30)12-20(29)25-10-13-1-3-24-4-2-13/h1-4,11,14-18,27H,5-10,12H2,(H,25,29). The van der Waals surface area contributed by atoms with Crippen LogP contribution in [0, 0.1) is 23.7 Å². The van der Waals surface area contributed by atoms with Crippen LogP contribution in [-0.2, 0) is 17.9 Å². The second kappa shape index (κ2) is 8.13. The van der Waals surface area contributed by atoms with Crippen molar-refractivity contribution in [3.8, 4) is 0 Å². The Hall–Kier alpha value is -2.22. The van der Waals surface area contributed by atoms with Gasteiger partial charge in [0, 0.05) is 25.0 Å². The van der Waals surface area contributed by atoms with Crippen molar-refractivity contribution >= 4 is 27.5 Å². The maximum atomic E-state index is 12.8. The number of halogens is 1. The molecule has 3 saturated carbocycles. The predicted octanol–water partition coefficient (Wildman–Crippen LogP) is 2.95. The van der Waals surface area contributed by atoms with E-state index in [0.29, 0.717) is 23.0 Å². The van der Waals surface area contributed by atoms with Crippen LogP contribution in [0.1, 0.15) is 37.7 Å². The van der Waals surface area contributed by atoms with Crippen molar-refractivity contribution in [3.05, 3.63) is 51.1 Å². The Morgan fingerprint density at radius 1 is 1.13 bits per heavy atom. The second-order valence-electron chi connectivity index (χ2n) is 9.05. The largest absolute Gasteiger partial charge is 0.380 e. The molecule has 5 rings (SSSR count). The number of hydrogen-bond donors (Lipinski definition) is 2. The van der Waals surface area contributed by atoms with Gasteiger partial charge in [0.15, 0.2) is 0 Å². The molecule has 2 aromatic rings. The number of carbonyl (C=O) groups excluding carboxylic acids is 1. The third kappa shape index (κ3) is 3.89. The summed E-state index contributed by atoms with van der Waals surface area (Å²) in [7, 11) is 0. The van der Waals surface area contributed by atoms with Gasteiger partial charge in [0.25, 0.3) is 5.56 Å². The monoisotopic (exact) mass is 471 g/mol. The topological polar surface area (TPSA) is 88.9 Å². The van der Waals surface area contributed by atoms with Crippen LogP contribution in [0.25, 0.3) is 0 Å². The molecular weight excluding hydrogens is 446 g/mol. The van der Waals surface area contributed by atoms with E-state index >= 15 is 0 Å². The van der Waals surface area contributed by atoms with E-state index in [4.69, 9.17) is 0 Å². The first-order chi connectivity index (χ1) is 14.6. The first-order valence-corrected chi connectivity index (χ1v) is 11.5. The Bertz CT molecular complexity index is 993. The summed E-state index contributed by atoms with van der Waals surface area (Å²) in [5.41, 5.74) is 1.40. The van der Waals surface area contributed by atoms with Crippen LogP contribution in [-0.4, -0.2) is 26.7 Å². The van der Waals surface area contributed by atoms with Crippen LogP contribution < -0.4 is 16.2 Å². The minimum Gasteiger partial charge on any atom is -0.380 e. The van der Waals surface area contributed by atoms with E-state index in [9.17, 15) is 9.59 Å². The zero-order chi connectivity index (χ0) is 20.7. The maximum Gasteiger partial charge on any atom is 0.283 e. The van der Waals surface area contributed by atoms with E-state index < -0.39 is 0 Å². The quantitative estimate of drug-likeness (QED) is 0.675. The zero-order valence-corrected chi connectivity index (χ0v) is 18.3. The highest BCUT2D eigenvalue weighted by Gasteiger charge is 2.48. The van der Waals surface area contributed by atoms with Crippen molar-refractivity contribution in [1.82, 2.24) is 20.1 Å². The highest BCUT2D eigenvalue weighted by Crippen LogP contribution is 2.55. The molecule has 3 fully saturated rings. The lowest BCUT2D eigenvalue weighted by atomic mass is 9.70. The van der Waals surface area contributed by atoms with Crippen molar-refractivity contribution in [2.75, 3.05) is 5.32 Å². The number of nitrogens with zero attached hydrogens (tertiary/aromatic N) is 3. The number of fused-ring (bicyclic) bond motifs is 2. The average molecular weight is 472 g/mol. The Balaban J connectivity index is 1.24. The van der Waals surface area contributed by atoms with Crippen LogP contribution >= 0.6 is 15.9 Å². The lowest BCUT2D eigenvalue weighted by Gasteiger charge is -2.40. The summed E-state index contributed by atoms with van der Waals surface area (Å²) in [6, 6.07) is 4.09. The fourth-order valence-corrected chi connectivity index (χ4v) is 6.31. The van der Waals surface area contributed by atoms with Crippen molar-refractivity contribution in [3.63, 3.8) is 0 Å². The molecule has 3 bridgehead atoms. The van der Waals surface area contributed by atoms with Crippen molar-refractivity contribution < 1.29 is 4.79 Å². The third-order valence-corrected chi connectivity index (χ3v) is 7.88. The highest BCUT2D eigenvalue weighted by atomic mass is 79.9. The lowest BCUT2D eigenvalue weighted by Crippen LogP contribution is -2.39. The molecule has 0 aromatic carbocycles. The van der Waals surface area contributed by atoms with Crippen molar-refractivity contribution in [1.29, 1.82) is 0 Å². The molecule has 3 aliphatic carbocycles. The molecule has 5 unspecified atom stereocenters. The Morgan fingerprint density at radius 2 is 1.90 bits per heavy atom. The van der Waals surface area contributed by atoms with Gasteiger partial charge in [-0.3, -0.25) is 14.6 Å². The molecule has 7 nitrogen and oxygen atoms in total. The Morgan fingerprint density at radius 3 is 2.70 bits per heavy atom. The van der Waals surface area contributed by atoms with Gasteiger partial charge in [0.05, 0.1) is 11.9 Å². The number of anilines is 1. The van der Waals surface area contributed by atoms with E-state index in [-0.39, 0.29) is 18.0 Å². The molecule has 8 heteroatoms. The second-order valence-corrected chi connectivity index (χ2v) is 9.85. The number of hydrogen-bond acceptors (Lipinski definition) is 5. The number of amides is 1. The van der Waals surface area contributed by atoms with Crippen LogP contribution in [0.5, 0.6) is 0 Å². The molecule has 0 saturated heterocycles. The number of pyridine rings is 1. The molecule has 158 valence electrons. The van der Waals surface area contributed by atoms with Gasteiger partial charge in [-0.25, -0.2) is 4.68 Å². The normalized spacial score (nSPS) is 29.0. The molecule has 2 aromatic heterocycles. The molecular formula is C22H26BrN5O2. The van der Waals surface area contributed by atoms with Crippen LogP contribution in [0.15, 0.2) is 40.0 Å². The van der Waals surface area contributed by atoms with E-state index in [0.717, 1.165) is 29.0 Å². The van der Waals surface area contributed by atoms with Gasteiger partial charge < -0.3 is 10.6 Å². The van der Waals surface area contributed by atoms with Gasteiger partial charge in [0.1, 0.15) is 11.0 Å². The minimum atomic E-state index is -0.290. The molecule has 0 spiro atoms. The van der Waals surface area contributed by atoms with E-state index in [1.807, 2.05) is 12.1 Å². The van der Waals surface area contributed by atoms with Gasteiger partial charge >= 0.3 is 0 Å². The van der Waals surface area contributed by atoms with E-state index in [2.05, 4.69) is 36.6 Å². The zero-order valence-electron chi connectivity index (χ0n) is 16.8. The molecule has 2 N–H and O–H groups in total. The van der Waals surface area contributed by atoms with Crippen LogP contribution in [0.4, 0.5) is 5.69 Å². The molecule has 2 heterocycles. The fourth-order valence-electron chi connectivity index (χ4n) is 5.89. The maximum absolute atomic E-state index is 12.8. The van der Waals surface area contributed by atoms with Crippen molar-refractivity contribution in [2.45, 2.75) is 51.2 Å². The minimum absolute atomic E-state index is 0.110. The molecule has 3 aliphatic rings. The van der Waals surface area contributed by atoms with E-state index in [1.165, 1.54) is 36.8 Å². The van der Waals surface area contributed by atoms with Gasteiger partial charge in [-0.2, -0.15) is 5.10 Å².